The highest BCUT2D eigenvalue weighted by Crippen LogP contribution is 2.60. The molecule has 2 aliphatic rings. The van der Waals surface area contributed by atoms with Crippen LogP contribution in [-0.2, 0) is 17.1 Å². The highest BCUT2D eigenvalue weighted by atomic mass is 31.2. The highest BCUT2D eigenvalue weighted by molar-refractivity contribution is 7.53. The summed E-state index contributed by atoms with van der Waals surface area (Å²) in [5.41, 5.74) is 2.85. The predicted molar refractivity (Wildman–Crippen MR) is 182 cm³/mol. The number of ketones is 2. The Labute approximate surface area is 267 Å². The topological polar surface area (TPSA) is 69.7 Å². The number of benzene rings is 6. The summed E-state index contributed by atoms with van der Waals surface area (Å²) in [6, 6.07) is 38.5. The van der Waals surface area contributed by atoms with E-state index in [1.54, 1.807) is 24.3 Å². The zero-order valence-corrected chi connectivity index (χ0v) is 26.4. The van der Waals surface area contributed by atoms with Crippen molar-refractivity contribution >= 4 is 40.7 Å². The fourth-order valence-corrected chi connectivity index (χ4v) is 9.09. The molecule has 6 aromatic rings. The first-order valence-electron chi connectivity index (χ1n) is 15.6. The first kappa shape index (κ1) is 28.5. The lowest BCUT2D eigenvalue weighted by molar-refractivity contribution is 0.0614. The van der Waals surface area contributed by atoms with E-state index in [1.165, 1.54) is 0 Å². The summed E-state index contributed by atoms with van der Waals surface area (Å²) in [5, 5.41) is 4.03. The van der Waals surface area contributed by atoms with Crippen molar-refractivity contribution in [3.05, 3.63) is 144 Å². The van der Waals surface area contributed by atoms with Gasteiger partial charge in [0.15, 0.2) is 11.6 Å². The molecule has 0 unspecified atom stereocenters. The van der Waals surface area contributed by atoms with E-state index < -0.39 is 13.0 Å². The molecule has 0 N–H and O–H groups in total. The molecule has 6 aromatic carbocycles. The number of Topliss-reactive ketones (excluding diaryl/α,β-unsaturated/α-hetero) is 2. The average molecular weight is 623 g/mol. The van der Waals surface area contributed by atoms with Crippen LogP contribution in [0.1, 0.15) is 45.7 Å². The first-order chi connectivity index (χ1) is 22.3. The molecule has 8 rings (SSSR count). The smallest absolute Gasteiger partial charge is 0.415 e. The molecule has 0 spiro atoms. The largest absolute Gasteiger partial charge is 0.435 e. The molecule has 0 amide bonds. The van der Waals surface area contributed by atoms with Gasteiger partial charge in [-0.05, 0) is 57.1 Å². The van der Waals surface area contributed by atoms with Crippen LogP contribution in [-0.4, -0.2) is 11.6 Å². The Kier molecular flexibility index (Phi) is 6.53. The van der Waals surface area contributed by atoms with E-state index in [9.17, 15) is 14.2 Å². The van der Waals surface area contributed by atoms with Gasteiger partial charge in [0.05, 0.1) is 6.16 Å². The summed E-state index contributed by atoms with van der Waals surface area (Å²) in [6.07, 6.45) is 0.154. The fourth-order valence-electron chi connectivity index (χ4n) is 7.30. The van der Waals surface area contributed by atoms with Gasteiger partial charge in [-0.25, -0.2) is 4.57 Å². The van der Waals surface area contributed by atoms with Crippen LogP contribution in [0.15, 0.2) is 121 Å². The van der Waals surface area contributed by atoms with Crippen molar-refractivity contribution in [2.24, 2.45) is 11.3 Å². The Morgan fingerprint density at radius 1 is 0.587 bits per heavy atom. The third kappa shape index (κ3) is 4.26. The van der Waals surface area contributed by atoms with Crippen molar-refractivity contribution in [2.45, 2.75) is 26.4 Å². The zero-order valence-electron chi connectivity index (χ0n) is 25.5. The van der Waals surface area contributed by atoms with Crippen LogP contribution in [0, 0.1) is 11.3 Å². The summed E-state index contributed by atoms with van der Waals surface area (Å²) in [6.45, 7) is 3.85. The number of hydrogen-bond donors (Lipinski definition) is 0. The molecule has 0 aromatic heterocycles. The molecule has 5 nitrogen and oxygen atoms in total. The molecular weight excluding hydrogens is 591 g/mol. The van der Waals surface area contributed by atoms with E-state index in [0.717, 1.165) is 38.2 Å². The van der Waals surface area contributed by atoms with Gasteiger partial charge in [-0.3, -0.25) is 9.59 Å². The molecule has 0 saturated heterocycles. The van der Waals surface area contributed by atoms with Gasteiger partial charge >= 0.3 is 7.60 Å². The Morgan fingerprint density at radius 2 is 1.04 bits per heavy atom. The third-order valence-electron chi connectivity index (χ3n) is 9.67. The quantitative estimate of drug-likeness (QED) is 0.141. The normalized spacial score (nSPS) is 16.0. The molecule has 1 aliphatic heterocycles. The van der Waals surface area contributed by atoms with Crippen LogP contribution in [0.2, 0.25) is 0 Å². The van der Waals surface area contributed by atoms with Crippen molar-refractivity contribution < 1.29 is 23.2 Å². The number of carbonyl (C=O) groups is 2. The highest BCUT2D eigenvalue weighted by Gasteiger charge is 2.55. The van der Waals surface area contributed by atoms with E-state index in [0.29, 0.717) is 28.2 Å². The Hall–Kier alpha value is -4.99. The van der Waals surface area contributed by atoms with Gasteiger partial charge < -0.3 is 9.05 Å². The van der Waals surface area contributed by atoms with Crippen LogP contribution in [0.4, 0.5) is 0 Å². The first-order valence-corrected chi connectivity index (χ1v) is 17.3. The second kappa shape index (κ2) is 10.5. The molecular formula is C40H31O5P. The van der Waals surface area contributed by atoms with E-state index in [4.69, 9.17) is 9.05 Å². The molecule has 0 atom stereocenters. The minimum atomic E-state index is -3.88. The van der Waals surface area contributed by atoms with Gasteiger partial charge in [0.2, 0.25) is 0 Å². The van der Waals surface area contributed by atoms with Crippen LogP contribution in [0.25, 0.3) is 32.7 Å². The third-order valence-corrected chi connectivity index (χ3v) is 11.3. The Bertz CT molecular complexity index is 2160. The molecule has 1 aliphatic carbocycles. The molecule has 0 saturated carbocycles. The second-order valence-corrected chi connectivity index (χ2v) is 14.4. The summed E-state index contributed by atoms with van der Waals surface area (Å²) < 4.78 is 27.9. The van der Waals surface area contributed by atoms with Crippen molar-refractivity contribution in [1.82, 2.24) is 0 Å². The summed E-state index contributed by atoms with van der Waals surface area (Å²) in [4.78, 5) is 27.9. The van der Waals surface area contributed by atoms with Gasteiger partial charge in [0.25, 0.3) is 0 Å². The van der Waals surface area contributed by atoms with Gasteiger partial charge in [-0.1, -0.05) is 123 Å². The number of rotatable bonds is 5. The zero-order chi connectivity index (χ0) is 31.6. The number of carbonyl (C=O) groups excluding carboxylic acids is 2. The predicted octanol–water partition coefficient (Wildman–Crippen LogP) is 10.1. The monoisotopic (exact) mass is 622 g/mol. The molecule has 1 heterocycles. The summed E-state index contributed by atoms with van der Waals surface area (Å²) in [7, 11) is -3.88. The van der Waals surface area contributed by atoms with Crippen molar-refractivity contribution in [1.29, 1.82) is 0 Å². The van der Waals surface area contributed by atoms with E-state index in [-0.39, 0.29) is 30.1 Å². The van der Waals surface area contributed by atoms with Crippen LogP contribution in [0.3, 0.4) is 0 Å². The lowest BCUT2D eigenvalue weighted by atomic mass is 9.68. The van der Waals surface area contributed by atoms with E-state index in [1.807, 2.05) is 98.8 Å². The lowest BCUT2D eigenvalue weighted by Gasteiger charge is -2.31. The van der Waals surface area contributed by atoms with Crippen LogP contribution < -0.4 is 9.05 Å². The number of hydrogen-bond acceptors (Lipinski definition) is 5. The SMILES string of the molecule is CC(C)C1(Cc2ccccc2CP2(=O)Oc3ccc4ccccc4c3-c3c(ccc4ccccc34)O2)C(=O)c2ccccc2C1=O. The van der Waals surface area contributed by atoms with Crippen LogP contribution >= 0.6 is 7.60 Å². The maximum absolute atomic E-state index is 15.0. The summed E-state index contributed by atoms with van der Waals surface area (Å²) >= 11 is 0. The fraction of sp³-hybridized carbons (Fsp3) is 0.150. The second-order valence-electron chi connectivity index (χ2n) is 12.5. The van der Waals surface area contributed by atoms with Gasteiger partial charge in [-0.15, -0.1) is 0 Å². The molecule has 0 fully saturated rings. The van der Waals surface area contributed by atoms with E-state index >= 15 is 0 Å². The van der Waals surface area contributed by atoms with Crippen molar-refractivity contribution in [3.63, 3.8) is 0 Å². The Morgan fingerprint density at radius 3 is 1.57 bits per heavy atom. The lowest BCUT2D eigenvalue weighted by Crippen LogP contribution is -2.41. The molecule has 6 heteroatoms. The minimum absolute atomic E-state index is 0.0365. The van der Waals surface area contributed by atoms with Crippen molar-refractivity contribution in [3.8, 4) is 22.6 Å². The maximum atomic E-state index is 15.0. The Balaban J connectivity index is 1.25. The number of fused-ring (bicyclic) bond motifs is 8. The minimum Gasteiger partial charge on any atom is -0.415 e. The van der Waals surface area contributed by atoms with Gasteiger partial charge in [0, 0.05) is 22.3 Å². The average Bonchev–Trinajstić information content (AvgIpc) is 3.19. The molecule has 226 valence electrons. The summed E-state index contributed by atoms with van der Waals surface area (Å²) in [5.74, 6) is 0.408. The molecule has 0 radical (unpaired) electrons. The maximum Gasteiger partial charge on any atom is 0.435 e. The van der Waals surface area contributed by atoms with Crippen molar-refractivity contribution in [2.75, 3.05) is 0 Å². The standard InChI is InChI=1S/C40H31O5P/c1-25(2)40(38(41)32-17-9-10-18-33(32)39(40)42)23-28-13-3-4-14-29(28)24-46(43)44-34-21-19-26-11-5-7-15-30(26)36(34)37-31-16-8-6-12-27(31)20-22-35(37)45-46/h3-22,25H,23-24H2,1-2H3. The van der Waals surface area contributed by atoms with E-state index in [2.05, 4.69) is 12.1 Å². The molecule has 0 bridgehead atoms. The molecule has 46 heavy (non-hydrogen) atoms. The van der Waals surface area contributed by atoms with Gasteiger partial charge in [0.1, 0.15) is 16.9 Å². The van der Waals surface area contributed by atoms with Crippen LogP contribution in [0.5, 0.6) is 11.5 Å². The van der Waals surface area contributed by atoms with Gasteiger partial charge in [-0.2, -0.15) is 0 Å².